The van der Waals surface area contributed by atoms with Gasteiger partial charge in [-0.15, -0.1) is 0 Å². The van der Waals surface area contributed by atoms with E-state index < -0.39 is 15.8 Å². The summed E-state index contributed by atoms with van der Waals surface area (Å²) >= 11 is 14.6. The van der Waals surface area contributed by atoms with Crippen LogP contribution in [0.25, 0.3) is 0 Å². The van der Waals surface area contributed by atoms with Crippen molar-refractivity contribution < 1.29 is 12.8 Å². The highest BCUT2D eigenvalue weighted by molar-refractivity contribution is 9.10. The highest BCUT2D eigenvalue weighted by Crippen LogP contribution is 2.28. The lowest BCUT2D eigenvalue weighted by Crippen LogP contribution is -2.14. The van der Waals surface area contributed by atoms with Gasteiger partial charge in [0.25, 0.3) is 10.0 Å². The quantitative estimate of drug-likeness (QED) is 0.770. The maximum atomic E-state index is 13.5. The van der Waals surface area contributed by atoms with Crippen molar-refractivity contribution >= 4 is 54.8 Å². The number of nitrogens with one attached hydrogen (secondary N) is 1. The van der Waals surface area contributed by atoms with Crippen LogP contribution in [-0.2, 0) is 10.0 Å². The first-order valence-corrected chi connectivity index (χ1v) is 8.67. The summed E-state index contributed by atoms with van der Waals surface area (Å²) in [6.45, 7) is 1.66. The lowest BCUT2D eigenvalue weighted by atomic mass is 10.2. The Kier molecular flexibility index (Phi) is 4.82. The highest BCUT2D eigenvalue weighted by Gasteiger charge is 2.18. The van der Waals surface area contributed by atoms with E-state index in [0.29, 0.717) is 5.56 Å². The van der Waals surface area contributed by atoms with Gasteiger partial charge >= 0.3 is 0 Å². The minimum Gasteiger partial charge on any atom is -0.279 e. The minimum absolute atomic E-state index is 0.0947. The van der Waals surface area contributed by atoms with Gasteiger partial charge in [-0.1, -0.05) is 23.2 Å². The molecule has 0 heterocycles. The average molecular weight is 413 g/mol. The van der Waals surface area contributed by atoms with E-state index in [9.17, 15) is 12.8 Å². The van der Waals surface area contributed by atoms with E-state index in [4.69, 9.17) is 23.2 Å². The van der Waals surface area contributed by atoms with Crippen molar-refractivity contribution in [2.24, 2.45) is 0 Å². The van der Waals surface area contributed by atoms with Gasteiger partial charge in [0.2, 0.25) is 0 Å². The molecule has 1 N–H and O–H groups in total. The Morgan fingerprint density at radius 1 is 1.10 bits per heavy atom. The number of benzene rings is 2. The predicted octanol–water partition coefficient (Wildman–Crippen LogP) is 5.00. The summed E-state index contributed by atoms with van der Waals surface area (Å²) in [5.74, 6) is -0.567. The number of aryl methyl sites for hydroxylation is 1. The molecule has 3 nitrogen and oxygen atoms in total. The van der Waals surface area contributed by atoms with Crippen LogP contribution in [0, 0.1) is 12.7 Å². The van der Waals surface area contributed by atoms with Crippen LogP contribution in [0.1, 0.15) is 5.56 Å². The SMILES string of the molecule is Cc1cc(Br)c(F)cc1NS(=O)(=O)c1cc(Cl)cc(Cl)c1. The van der Waals surface area contributed by atoms with Gasteiger partial charge in [-0.3, -0.25) is 4.72 Å². The maximum Gasteiger partial charge on any atom is 0.262 e. The van der Waals surface area contributed by atoms with Gasteiger partial charge in [-0.25, -0.2) is 12.8 Å². The van der Waals surface area contributed by atoms with Crippen LogP contribution >= 0.6 is 39.1 Å². The van der Waals surface area contributed by atoms with Crippen molar-refractivity contribution in [3.05, 3.63) is 56.2 Å². The molecule has 2 aromatic rings. The lowest BCUT2D eigenvalue weighted by molar-refractivity contribution is 0.601. The zero-order valence-electron chi connectivity index (χ0n) is 10.6. The average Bonchev–Trinajstić information content (AvgIpc) is 2.34. The number of halogens is 4. The third-order valence-corrected chi connectivity index (χ3v) is 5.05. The lowest BCUT2D eigenvalue weighted by Gasteiger charge is -2.12. The fourth-order valence-electron chi connectivity index (χ4n) is 1.64. The first kappa shape index (κ1) is 16.5. The maximum absolute atomic E-state index is 13.5. The number of sulfonamides is 1. The Hall–Kier alpha value is -0.820. The second-order valence-corrected chi connectivity index (χ2v) is 7.70. The molecule has 0 aromatic heterocycles. The van der Waals surface area contributed by atoms with Crippen LogP contribution in [0.2, 0.25) is 10.0 Å². The topological polar surface area (TPSA) is 46.2 Å². The molecule has 0 atom stereocenters. The molecule has 0 amide bonds. The summed E-state index contributed by atoms with van der Waals surface area (Å²) in [4.78, 5) is -0.0947. The van der Waals surface area contributed by atoms with Crippen molar-refractivity contribution in [1.82, 2.24) is 0 Å². The summed E-state index contributed by atoms with van der Waals surface area (Å²) in [6.07, 6.45) is 0. The molecule has 0 bridgehead atoms. The van der Waals surface area contributed by atoms with E-state index >= 15 is 0 Å². The summed E-state index contributed by atoms with van der Waals surface area (Å²) < 4.78 is 40.7. The van der Waals surface area contributed by atoms with Crippen LogP contribution in [0.4, 0.5) is 10.1 Å². The number of hydrogen-bond donors (Lipinski definition) is 1. The highest BCUT2D eigenvalue weighted by atomic mass is 79.9. The molecule has 0 radical (unpaired) electrons. The number of anilines is 1. The van der Waals surface area contributed by atoms with Crippen molar-refractivity contribution in [3.8, 4) is 0 Å². The van der Waals surface area contributed by atoms with Gasteiger partial charge in [0, 0.05) is 10.0 Å². The number of rotatable bonds is 3. The summed E-state index contributed by atoms with van der Waals surface area (Å²) in [5, 5.41) is 0.392. The van der Waals surface area contributed by atoms with Crippen molar-refractivity contribution in [2.45, 2.75) is 11.8 Å². The molecule has 0 aliphatic rings. The second-order valence-electron chi connectivity index (χ2n) is 4.29. The summed E-state index contributed by atoms with van der Waals surface area (Å²) in [6, 6.07) is 6.54. The van der Waals surface area contributed by atoms with Crippen LogP contribution in [-0.4, -0.2) is 8.42 Å². The molecule has 0 aliphatic carbocycles. The molecule has 0 spiro atoms. The Bertz CT molecular complexity index is 792. The predicted molar refractivity (Wildman–Crippen MR) is 86.1 cm³/mol. The van der Waals surface area contributed by atoms with Gasteiger partial charge in [0.1, 0.15) is 5.82 Å². The zero-order valence-corrected chi connectivity index (χ0v) is 14.5. The fourth-order valence-corrected chi connectivity index (χ4v) is 3.95. The minimum atomic E-state index is -3.91. The van der Waals surface area contributed by atoms with Crippen molar-refractivity contribution in [1.29, 1.82) is 0 Å². The summed E-state index contributed by atoms with van der Waals surface area (Å²) in [7, 11) is -3.91. The second kappa shape index (κ2) is 6.12. The fraction of sp³-hybridized carbons (Fsp3) is 0.0769. The van der Waals surface area contributed by atoms with E-state index in [2.05, 4.69) is 20.7 Å². The Balaban J connectivity index is 2.44. The van der Waals surface area contributed by atoms with E-state index in [1.54, 1.807) is 6.92 Å². The van der Waals surface area contributed by atoms with Crippen LogP contribution in [0.3, 0.4) is 0 Å². The van der Waals surface area contributed by atoms with E-state index in [1.165, 1.54) is 24.3 Å². The summed E-state index contributed by atoms with van der Waals surface area (Å²) in [5.41, 5.74) is 0.715. The van der Waals surface area contributed by atoms with Crippen LogP contribution in [0.5, 0.6) is 0 Å². The third-order valence-electron chi connectivity index (χ3n) is 2.66. The molecule has 0 saturated carbocycles. The van der Waals surface area contributed by atoms with Gasteiger partial charge in [-0.05, 0) is 58.7 Å². The Labute approximate surface area is 140 Å². The molecular formula is C13H9BrCl2FNO2S. The largest absolute Gasteiger partial charge is 0.279 e. The van der Waals surface area contributed by atoms with E-state index in [-0.39, 0.29) is 25.1 Å². The van der Waals surface area contributed by atoms with Gasteiger partial charge in [0.15, 0.2) is 0 Å². The molecule has 0 aliphatic heterocycles. The third kappa shape index (κ3) is 3.88. The molecule has 2 aromatic carbocycles. The molecule has 112 valence electrons. The molecule has 0 saturated heterocycles. The van der Waals surface area contributed by atoms with E-state index in [0.717, 1.165) is 6.07 Å². The van der Waals surface area contributed by atoms with Gasteiger partial charge in [0.05, 0.1) is 15.1 Å². The first-order chi connectivity index (χ1) is 9.69. The van der Waals surface area contributed by atoms with Gasteiger partial charge in [-0.2, -0.15) is 0 Å². The molecule has 2 rings (SSSR count). The normalized spacial score (nSPS) is 11.5. The zero-order chi connectivity index (χ0) is 15.8. The number of hydrogen-bond acceptors (Lipinski definition) is 2. The van der Waals surface area contributed by atoms with Crippen molar-refractivity contribution in [2.75, 3.05) is 4.72 Å². The molecule has 8 heteroatoms. The molecular weight excluding hydrogens is 404 g/mol. The van der Waals surface area contributed by atoms with Crippen LogP contribution < -0.4 is 4.72 Å². The smallest absolute Gasteiger partial charge is 0.262 e. The standard InChI is InChI=1S/C13H9BrCl2FNO2S/c1-7-2-11(14)12(17)6-13(7)18-21(19,20)10-4-8(15)3-9(16)5-10/h2-6,18H,1H3. The molecule has 21 heavy (non-hydrogen) atoms. The first-order valence-electron chi connectivity index (χ1n) is 5.63. The molecule has 0 unspecified atom stereocenters. The molecule has 0 fully saturated rings. The monoisotopic (exact) mass is 411 g/mol. The Morgan fingerprint density at radius 2 is 1.67 bits per heavy atom. The van der Waals surface area contributed by atoms with Crippen LogP contribution in [0.15, 0.2) is 39.7 Å². The van der Waals surface area contributed by atoms with Gasteiger partial charge < -0.3 is 0 Å². The Morgan fingerprint density at radius 3 is 2.24 bits per heavy atom. The van der Waals surface area contributed by atoms with E-state index in [1.807, 2.05) is 0 Å². The van der Waals surface area contributed by atoms with Crippen molar-refractivity contribution in [3.63, 3.8) is 0 Å².